The molecular formula is C58H49N11O5S. The van der Waals surface area contributed by atoms with Gasteiger partial charge in [-0.1, -0.05) is 97.1 Å². The average Bonchev–Trinajstić information content (AvgIpc) is 3.43. The lowest BCUT2D eigenvalue weighted by atomic mass is 10.0. The lowest BCUT2D eigenvalue weighted by Gasteiger charge is -2.19. The fourth-order valence-corrected chi connectivity index (χ4v) is 8.56. The molecule has 0 saturated heterocycles. The summed E-state index contributed by atoms with van der Waals surface area (Å²) in [4.78, 5) is 59.8. The normalized spacial score (nSPS) is 11.4. The number of amides is 1. The minimum absolute atomic E-state index is 0.402. The molecule has 17 heteroatoms. The molecule has 372 valence electrons. The Morgan fingerprint density at radius 2 is 1.04 bits per heavy atom. The maximum atomic E-state index is 12.4. The van der Waals surface area contributed by atoms with Gasteiger partial charge in [-0.2, -0.15) is 0 Å². The van der Waals surface area contributed by atoms with Crippen LogP contribution in [0.1, 0.15) is 48.1 Å². The third-order valence-electron chi connectivity index (χ3n) is 11.2. The number of sulfonamides is 1. The van der Waals surface area contributed by atoms with E-state index in [0.717, 1.165) is 67.1 Å². The van der Waals surface area contributed by atoms with Gasteiger partial charge in [0.15, 0.2) is 17.9 Å². The number of ether oxygens (including phenoxy) is 1. The first-order valence-electron chi connectivity index (χ1n) is 23.7. The van der Waals surface area contributed by atoms with Gasteiger partial charge >= 0.3 is 6.09 Å². The van der Waals surface area contributed by atoms with Crippen LogP contribution in [0.15, 0.2) is 188 Å². The van der Waals surface area contributed by atoms with E-state index in [-0.39, 0.29) is 0 Å². The fourth-order valence-electron chi connectivity index (χ4n) is 7.88. The average molecular weight is 1010 g/mol. The molecule has 1 amide bonds. The van der Waals surface area contributed by atoms with Crippen LogP contribution in [-0.4, -0.2) is 66.3 Å². The number of anilines is 2. The molecule has 4 aromatic carbocycles. The molecule has 6 aromatic heterocycles. The van der Waals surface area contributed by atoms with Crippen LogP contribution in [0, 0.1) is 0 Å². The van der Waals surface area contributed by atoms with E-state index >= 15 is 0 Å². The second-order valence-corrected chi connectivity index (χ2v) is 19.4. The third kappa shape index (κ3) is 13.1. The molecular weight excluding hydrogens is 963 g/mol. The fraction of sp³-hybridized carbons (Fsp3) is 0.103. The number of carbonyl (C=O) groups is 2. The standard InChI is InChI=1S/C32H30N6O4S.C26H19N5O/c1-32(2,3)42-31(39)38-43(40,41)17-15-22-18-24(20-33-19-22)29-36-27-14-9-13-26(23-10-5-4-6-11-23)28(27)30(37-29)35-21-25-12-7-8-16-34-25;32-17-18-13-20(15-27-14-18)25-30-23-11-6-10-22(19-7-2-1-3-8-19)24(23)26(31-25)29-16-21-9-4-5-12-28-21/h4-20H,21H2,1-3H3,(H,38,39)(H,35,36,37);1-15,17H,16H2,(H,29,30,31)/b17-15+;. The number of aldehydes is 1. The molecule has 6 heterocycles. The molecule has 0 aliphatic rings. The molecule has 0 aliphatic heterocycles. The van der Waals surface area contributed by atoms with Crippen LogP contribution >= 0.6 is 0 Å². The number of fused-ring (bicyclic) bond motifs is 2. The number of pyridine rings is 4. The summed E-state index contributed by atoms with van der Waals surface area (Å²) in [5.41, 5.74) is 8.78. The first-order chi connectivity index (χ1) is 36.4. The number of nitrogens with zero attached hydrogens (tertiary/aromatic N) is 8. The summed E-state index contributed by atoms with van der Waals surface area (Å²) in [7, 11) is -4.11. The van der Waals surface area contributed by atoms with Crippen LogP contribution in [0.2, 0.25) is 0 Å². The number of benzene rings is 4. The van der Waals surface area contributed by atoms with Gasteiger partial charge in [-0.25, -0.2) is 37.9 Å². The zero-order chi connectivity index (χ0) is 52.2. The summed E-state index contributed by atoms with van der Waals surface area (Å²) in [6, 6.07) is 47.1. The van der Waals surface area contributed by atoms with Gasteiger partial charge in [-0.3, -0.25) is 24.7 Å². The molecule has 0 saturated carbocycles. The molecule has 10 aromatic rings. The topological polar surface area (TPSA) is 217 Å². The molecule has 16 nitrogen and oxygen atoms in total. The van der Waals surface area contributed by atoms with Gasteiger partial charge in [0.25, 0.3) is 10.0 Å². The van der Waals surface area contributed by atoms with Crippen LogP contribution in [0.4, 0.5) is 16.4 Å². The van der Waals surface area contributed by atoms with Gasteiger partial charge in [-0.15, -0.1) is 0 Å². The highest BCUT2D eigenvalue weighted by Crippen LogP contribution is 2.36. The number of nitrogens with one attached hydrogen (secondary N) is 3. The number of rotatable bonds is 14. The zero-order valence-electron chi connectivity index (χ0n) is 41.0. The summed E-state index contributed by atoms with van der Waals surface area (Å²) in [5.74, 6) is 2.22. The Bertz CT molecular complexity index is 3770. The van der Waals surface area contributed by atoms with Gasteiger partial charge in [-0.05, 0) is 103 Å². The van der Waals surface area contributed by atoms with Gasteiger partial charge in [0.1, 0.15) is 17.2 Å². The van der Waals surface area contributed by atoms with Crippen molar-refractivity contribution in [1.29, 1.82) is 0 Å². The SMILES string of the molecule is CC(C)(C)OC(=O)NS(=O)(=O)/C=C/c1cncc(-c2nc(NCc3ccccn3)c3c(-c4ccccc4)cccc3n2)c1.O=Cc1cncc(-c2nc(NCc3ccccn3)c3c(-c4ccccc4)cccc3n2)c1. The number of hydrogen-bond acceptors (Lipinski definition) is 15. The summed E-state index contributed by atoms with van der Waals surface area (Å²) in [6.45, 7) is 5.89. The van der Waals surface area contributed by atoms with Gasteiger partial charge in [0, 0.05) is 53.9 Å². The highest BCUT2D eigenvalue weighted by molar-refractivity contribution is 7.93. The predicted octanol–water partition coefficient (Wildman–Crippen LogP) is 11.4. The van der Waals surface area contributed by atoms with E-state index in [2.05, 4.69) is 48.8 Å². The van der Waals surface area contributed by atoms with Crippen molar-refractivity contribution in [2.75, 3.05) is 10.6 Å². The summed E-state index contributed by atoms with van der Waals surface area (Å²) in [5, 5.41) is 9.55. The molecule has 0 atom stereocenters. The van der Waals surface area contributed by atoms with E-state index in [1.165, 1.54) is 18.5 Å². The Kier molecular flexibility index (Phi) is 15.3. The Labute approximate surface area is 433 Å². The minimum atomic E-state index is -4.11. The summed E-state index contributed by atoms with van der Waals surface area (Å²) >= 11 is 0. The van der Waals surface area contributed by atoms with Crippen molar-refractivity contribution in [3.8, 4) is 45.0 Å². The molecule has 0 radical (unpaired) electrons. The van der Waals surface area contributed by atoms with Crippen LogP contribution in [0.25, 0.3) is 72.9 Å². The highest BCUT2D eigenvalue weighted by Gasteiger charge is 2.21. The zero-order valence-corrected chi connectivity index (χ0v) is 41.8. The summed E-state index contributed by atoms with van der Waals surface area (Å²) in [6.07, 6.45) is 10.8. The number of hydrogen-bond donors (Lipinski definition) is 3. The minimum Gasteiger partial charge on any atom is -0.443 e. The Balaban J connectivity index is 0.000000191. The first-order valence-corrected chi connectivity index (χ1v) is 25.2. The smallest absolute Gasteiger partial charge is 0.421 e. The Morgan fingerprint density at radius 1 is 0.560 bits per heavy atom. The summed E-state index contributed by atoms with van der Waals surface area (Å²) < 4.78 is 31.8. The molecule has 3 N–H and O–H groups in total. The first kappa shape index (κ1) is 50.3. The molecule has 0 aliphatic carbocycles. The lowest BCUT2D eigenvalue weighted by molar-refractivity contribution is 0.0570. The maximum absolute atomic E-state index is 12.4. The van der Waals surface area contributed by atoms with Gasteiger partial charge < -0.3 is 15.4 Å². The predicted molar refractivity (Wildman–Crippen MR) is 292 cm³/mol. The van der Waals surface area contributed by atoms with E-state index in [4.69, 9.17) is 24.7 Å². The van der Waals surface area contributed by atoms with Crippen molar-refractivity contribution in [3.63, 3.8) is 0 Å². The quantitative estimate of drug-likeness (QED) is 0.0863. The van der Waals surface area contributed by atoms with Crippen molar-refractivity contribution in [2.45, 2.75) is 39.5 Å². The number of carbonyl (C=O) groups excluding carboxylic acids is 2. The molecule has 10 rings (SSSR count). The van der Waals surface area contributed by atoms with Crippen molar-refractivity contribution in [1.82, 2.24) is 44.6 Å². The second-order valence-electron chi connectivity index (χ2n) is 17.9. The second kappa shape index (κ2) is 22.9. The maximum Gasteiger partial charge on any atom is 0.421 e. The van der Waals surface area contributed by atoms with Crippen molar-refractivity contribution in [2.24, 2.45) is 0 Å². The van der Waals surface area contributed by atoms with Crippen LogP contribution in [-0.2, 0) is 27.8 Å². The number of aromatic nitrogens is 8. The van der Waals surface area contributed by atoms with E-state index in [0.29, 0.717) is 58.6 Å². The van der Waals surface area contributed by atoms with Gasteiger partial charge in [0.05, 0.1) is 51.7 Å². The monoisotopic (exact) mass is 1010 g/mol. The molecule has 0 bridgehead atoms. The van der Waals surface area contributed by atoms with E-state index in [1.54, 1.807) is 57.7 Å². The molecule has 0 spiro atoms. The van der Waals surface area contributed by atoms with E-state index in [1.807, 2.05) is 120 Å². The Hall–Kier alpha value is -9.61. The van der Waals surface area contributed by atoms with Gasteiger partial charge in [0.2, 0.25) is 0 Å². The largest absolute Gasteiger partial charge is 0.443 e. The lowest BCUT2D eigenvalue weighted by Crippen LogP contribution is -2.35. The highest BCUT2D eigenvalue weighted by atomic mass is 32.2. The Morgan fingerprint density at radius 3 is 1.51 bits per heavy atom. The molecule has 75 heavy (non-hydrogen) atoms. The van der Waals surface area contributed by atoms with Crippen molar-refractivity contribution in [3.05, 3.63) is 211 Å². The van der Waals surface area contributed by atoms with Crippen molar-refractivity contribution < 1.29 is 22.7 Å². The van der Waals surface area contributed by atoms with Crippen LogP contribution in [0.3, 0.4) is 0 Å². The molecule has 0 fully saturated rings. The van der Waals surface area contributed by atoms with E-state index in [9.17, 15) is 18.0 Å². The molecule has 0 unspecified atom stereocenters. The van der Waals surface area contributed by atoms with Crippen LogP contribution < -0.4 is 15.4 Å². The van der Waals surface area contributed by atoms with Crippen molar-refractivity contribution >= 4 is 61.9 Å². The van der Waals surface area contributed by atoms with Crippen LogP contribution in [0.5, 0.6) is 0 Å². The third-order valence-corrected chi connectivity index (χ3v) is 12.1. The van der Waals surface area contributed by atoms with E-state index < -0.39 is 21.7 Å².